The fourth-order valence-electron chi connectivity index (χ4n) is 2.49. The van der Waals surface area contributed by atoms with E-state index in [0.29, 0.717) is 16.5 Å². The Bertz CT molecular complexity index is 746. The lowest BCUT2D eigenvalue weighted by atomic mass is 9.99. The number of aromatic nitrogens is 2. The summed E-state index contributed by atoms with van der Waals surface area (Å²) in [4.78, 5) is 23.8. The lowest BCUT2D eigenvalue weighted by Crippen LogP contribution is -2.31. The topological polar surface area (TPSA) is 87.0 Å². The molecular weight excluding hydrogens is 270 g/mol. The zero-order chi connectivity index (χ0) is 15.6. The number of methoxy groups -OCH3 is 1. The van der Waals surface area contributed by atoms with Crippen molar-refractivity contribution in [3.05, 3.63) is 38.9 Å². The van der Waals surface area contributed by atoms with E-state index in [-0.39, 0.29) is 22.8 Å². The first-order chi connectivity index (χ1) is 9.84. The Labute approximate surface area is 122 Å². The van der Waals surface area contributed by atoms with E-state index in [4.69, 9.17) is 4.74 Å². The van der Waals surface area contributed by atoms with Crippen molar-refractivity contribution in [2.24, 2.45) is 0 Å². The lowest BCUT2D eigenvalue weighted by molar-refractivity contribution is 0.0128. The van der Waals surface area contributed by atoms with Gasteiger partial charge in [-0.05, 0) is 39.3 Å². The number of ether oxygens (including phenoxy) is 1. The van der Waals surface area contributed by atoms with Crippen LogP contribution in [-0.4, -0.2) is 29.0 Å². The van der Waals surface area contributed by atoms with Gasteiger partial charge in [0.1, 0.15) is 0 Å². The number of H-pyrrole nitrogens is 2. The summed E-state index contributed by atoms with van der Waals surface area (Å²) in [6.45, 7) is 6.03. The monoisotopic (exact) mass is 291 g/mol. The summed E-state index contributed by atoms with van der Waals surface area (Å²) in [7, 11) is 1.68. The number of nitrogens with one attached hydrogen (secondary N) is 3. The minimum atomic E-state index is -0.314. The third-order valence-electron chi connectivity index (χ3n) is 3.58. The first-order valence-electron chi connectivity index (χ1n) is 6.89. The Morgan fingerprint density at radius 2 is 1.90 bits per heavy atom. The van der Waals surface area contributed by atoms with Crippen LogP contribution in [-0.2, 0) is 4.74 Å². The highest BCUT2D eigenvalue weighted by Gasteiger charge is 2.20. The highest BCUT2D eigenvalue weighted by atomic mass is 16.5. The van der Waals surface area contributed by atoms with Crippen molar-refractivity contribution in [3.8, 4) is 0 Å². The molecule has 6 nitrogen and oxygen atoms in total. The highest BCUT2D eigenvalue weighted by molar-refractivity contribution is 5.92. The molecule has 0 fully saturated rings. The SMILES string of the molecule is COC(C)(C)CC(C)Nc1cccc2c(=O)[nH][nH]c(=O)c12. The summed E-state index contributed by atoms with van der Waals surface area (Å²) in [5.41, 5.74) is -0.232. The summed E-state index contributed by atoms with van der Waals surface area (Å²) < 4.78 is 5.41. The molecule has 0 aliphatic heterocycles. The quantitative estimate of drug-likeness (QED) is 0.784. The third-order valence-corrected chi connectivity index (χ3v) is 3.58. The van der Waals surface area contributed by atoms with Crippen molar-refractivity contribution in [1.29, 1.82) is 0 Å². The van der Waals surface area contributed by atoms with Crippen molar-refractivity contribution in [2.45, 2.75) is 38.8 Å². The Hall–Kier alpha value is -2.08. The van der Waals surface area contributed by atoms with Crippen LogP contribution in [0.1, 0.15) is 27.2 Å². The van der Waals surface area contributed by atoms with Gasteiger partial charge in [-0.2, -0.15) is 0 Å². The summed E-state index contributed by atoms with van der Waals surface area (Å²) in [6, 6.07) is 5.28. The summed E-state index contributed by atoms with van der Waals surface area (Å²) >= 11 is 0. The molecule has 0 aliphatic rings. The molecule has 0 radical (unpaired) electrons. The molecule has 6 heteroatoms. The van der Waals surface area contributed by atoms with Gasteiger partial charge < -0.3 is 10.1 Å². The van der Waals surface area contributed by atoms with Crippen LogP contribution in [0, 0.1) is 0 Å². The van der Waals surface area contributed by atoms with Crippen LogP contribution in [0.25, 0.3) is 10.8 Å². The molecular formula is C15H21N3O3. The van der Waals surface area contributed by atoms with Gasteiger partial charge in [0.2, 0.25) is 0 Å². The number of aromatic amines is 2. The molecule has 2 aromatic rings. The molecule has 0 spiro atoms. The molecule has 3 N–H and O–H groups in total. The maximum absolute atomic E-state index is 12.0. The molecule has 1 heterocycles. The first kappa shape index (κ1) is 15.3. The van der Waals surface area contributed by atoms with Gasteiger partial charge in [0.05, 0.1) is 16.4 Å². The highest BCUT2D eigenvalue weighted by Crippen LogP contribution is 2.21. The van der Waals surface area contributed by atoms with E-state index in [1.807, 2.05) is 20.8 Å². The van der Waals surface area contributed by atoms with E-state index in [1.54, 1.807) is 25.3 Å². The van der Waals surface area contributed by atoms with Crippen molar-refractivity contribution in [2.75, 3.05) is 12.4 Å². The molecule has 114 valence electrons. The number of benzene rings is 1. The smallest absolute Gasteiger partial charge is 0.272 e. The van der Waals surface area contributed by atoms with E-state index in [0.717, 1.165) is 6.42 Å². The van der Waals surface area contributed by atoms with Crippen molar-refractivity contribution >= 4 is 16.5 Å². The van der Waals surface area contributed by atoms with Crippen molar-refractivity contribution < 1.29 is 4.74 Å². The second-order valence-corrected chi connectivity index (χ2v) is 5.85. The van der Waals surface area contributed by atoms with Gasteiger partial charge in [-0.3, -0.25) is 19.8 Å². The van der Waals surface area contributed by atoms with Gasteiger partial charge in [0.15, 0.2) is 0 Å². The van der Waals surface area contributed by atoms with Crippen molar-refractivity contribution in [3.63, 3.8) is 0 Å². The standard InChI is InChI=1S/C15H21N3O3/c1-9(8-15(2,3)21-4)16-11-7-5-6-10-12(11)14(20)18-17-13(10)19/h5-7,9,16H,8H2,1-4H3,(H,17,19)(H,18,20). The minimum Gasteiger partial charge on any atom is -0.382 e. The molecule has 0 amide bonds. The van der Waals surface area contributed by atoms with Crippen LogP contribution in [0.5, 0.6) is 0 Å². The van der Waals surface area contributed by atoms with Gasteiger partial charge in [0, 0.05) is 18.8 Å². The fraction of sp³-hybridized carbons (Fsp3) is 0.467. The number of fused-ring (bicyclic) bond motifs is 1. The predicted octanol–water partition coefficient (Wildman–Crippen LogP) is 1.83. The molecule has 0 bridgehead atoms. The molecule has 1 atom stereocenters. The molecule has 21 heavy (non-hydrogen) atoms. The number of hydrogen-bond donors (Lipinski definition) is 3. The second kappa shape index (κ2) is 5.73. The van der Waals surface area contributed by atoms with Gasteiger partial charge in [0.25, 0.3) is 11.1 Å². The first-order valence-corrected chi connectivity index (χ1v) is 6.89. The van der Waals surface area contributed by atoms with E-state index >= 15 is 0 Å². The van der Waals surface area contributed by atoms with Gasteiger partial charge in [-0.15, -0.1) is 0 Å². The van der Waals surface area contributed by atoms with Crippen LogP contribution < -0.4 is 16.4 Å². The normalized spacial score (nSPS) is 13.3. The molecule has 0 saturated carbocycles. The number of rotatable bonds is 5. The fourth-order valence-corrected chi connectivity index (χ4v) is 2.49. The molecule has 0 saturated heterocycles. The maximum atomic E-state index is 12.0. The second-order valence-electron chi connectivity index (χ2n) is 5.85. The predicted molar refractivity (Wildman–Crippen MR) is 84.0 cm³/mol. The number of anilines is 1. The van der Waals surface area contributed by atoms with E-state index in [1.165, 1.54) is 0 Å². The van der Waals surface area contributed by atoms with Crippen LogP contribution in [0.4, 0.5) is 5.69 Å². The molecule has 2 rings (SSSR count). The summed E-state index contributed by atoms with van der Waals surface area (Å²) in [6.07, 6.45) is 0.765. The van der Waals surface area contributed by atoms with Crippen LogP contribution >= 0.6 is 0 Å². The summed E-state index contributed by atoms with van der Waals surface area (Å²) in [5, 5.41) is 8.73. The Morgan fingerprint density at radius 1 is 1.24 bits per heavy atom. The average Bonchev–Trinajstić information content (AvgIpc) is 2.42. The van der Waals surface area contributed by atoms with Crippen molar-refractivity contribution in [1.82, 2.24) is 10.2 Å². The van der Waals surface area contributed by atoms with Crippen LogP contribution in [0.15, 0.2) is 27.8 Å². The molecule has 1 unspecified atom stereocenters. The minimum absolute atomic E-state index is 0.0873. The Balaban J connectivity index is 2.38. The van der Waals surface area contributed by atoms with Crippen LogP contribution in [0.3, 0.4) is 0 Å². The Morgan fingerprint density at radius 3 is 2.57 bits per heavy atom. The van der Waals surface area contributed by atoms with Gasteiger partial charge in [-0.1, -0.05) is 6.07 Å². The van der Waals surface area contributed by atoms with E-state index < -0.39 is 0 Å². The molecule has 1 aromatic carbocycles. The van der Waals surface area contributed by atoms with E-state index in [2.05, 4.69) is 15.5 Å². The average molecular weight is 291 g/mol. The maximum Gasteiger partial charge on any atom is 0.272 e. The van der Waals surface area contributed by atoms with Gasteiger partial charge >= 0.3 is 0 Å². The van der Waals surface area contributed by atoms with Crippen LogP contribution in [0.2, 0.25) is 0 Å². The zero-order valence-electron chi connectivity index (χ0n) is 12.7. The lowest BCUT2D eigenvalue weighted by Gasteiger charge is -2.27. The largest absolute Gasteiger partial charge is 0.382 e. The molecule has 0 aliphatic carbocycles. The number of hydrogen-bond acceptors (Lipinski definition) is 4. The van der Waals surface area contributed by atoms with E-state index in [9.17, 15) is 9.59 Å². The zero-order valence-corrected chi connectivity index (χ0v) is 12.7. The summed E-state index contributed by atoms with van der Waals surface area (Å²) in [5.74, 6) is 0. The molecule has 1 aromatic heterocycles. The third kappa shape index (κ3) is 3.33. The Kier molecular flexibility index (Phi) is 4.18. The van der Waals surface area contributed by atoms with Gasteiger partial charge in [-0.25, -0.2) is 0 Å².